The summed E-state index contributed by atoms with van der Waals surface area (Å²) >= 11 is 9.73. The SMILES string of the molecule is Cc1nn(Cc2cccc(C(=O)Nc3c(C)nn(Cc4ccc(F)cc4Cl)c3C)c2)c(C)c1Br. The van der Waals surface area contributed by atoms with Crippen LogP contribution in [-0.4, -0.2) is 25.5 Å². The van der Waals surface area contributed by atoms with E-state index in [9.17, 15) is 9.18 Å². The molecule has 176 valence electrons. The molecule has 0 atom stereocenters. The van der Waals surface area contributed by atoms with E-state index in [1.807, 2.05) is 50.6 Å². The average Bonchev–Trinajstić information content (AvgIpc) is 3.19. The maximum atomic E-state index is 13.4. The lowest BCUT2D eigenvalue weighted by molar-refractivity contribution is 0.102. The molecule has 1 N–H and O–H groups in total. The van der Waals surface area contributed by atoms with Crippen molar-refractivity contribution in [2.45, 2.75) is 40.8 Å². The number of aromatic nitrogens is 4. The topological polar surface area (TPSA) is 64.7 Å². The van der Waals surface area contributed by atoms with Gasteiger partial charge in [-0.3, -0.25) is 14.2 Å². The third-order valence-corrected chi connectivity index (χ3v) is 7.27. The first kappa shape index (κ1) is 24.2. The minimum Gasteiger partial charge on any atom is -0.319 e. The molecule has 4 rings (SSSR count). The van der Waals surface area contributed by atoms with Crippen molar-refractivity contribution in [1.82, 2.24) is 19.6 Å². The molecule has 9 heteroatoms. The number of carbonyl (C=O) groups excluding carboxylic acids is 1. The highest BCUT2D eigenvalue weighted by molar-refractivity contribution is 9.10. The van der Waals surface area contributed by atoms with Crippen LogP contribution < -0.4 is 5.32 Å². The molecule has 0 bridgehead atoms. The Morgan fingerprint density at radius 2 is 1.71 bits per heavy atom. The zero-order valence-corrected chi connectivity index (χ0v) is 21.6. The molecule has 0 saturated heterocycles. The summed E-state index contributed by atoms with van der Waals surface area (Å²) in [6, 6.07) is 11.8. The van der Waals surface area contributed by atoms with E-state index in [0.717, 1.165) is 32.7 Å². The van der Waals surface area contributed by atoms with E-state index in [1.54, 1.807) is 16.8 Å². The summed E-state index contributed by atoms with van der Waals surface area (Å²) in [7, 11) is 0. The molecule has 4 aromatic rings. The third-order valence-electron chi connectivity index (χ3n) is 5.77. The first-order valence-electron chi connectivity index (χ1n) is 10.7. The molecular weight excluding hydrogens is 521 g/mol. The number of carbonyl (C=O) groups is 1. The Hall–Kier alpha value is -2.97. The van der Waals surface area contributed by atoms with Crippen LogP contribution in [0.5, 0.6) is 0 Å². The van der Waals surface area contributed by atoms with Crippen LogP contribution in [0.25, 0.3) is 0 Å². The number of rotatable bonds is 6. The summed E-state index contributed by atoms with van der Waals surface area (Å²) in [5, 5.41) is 12.4. The molecule has 2 heterocycles. The Balaban J connectivity index is 1.53. The standard InChI is InChI=1S/C25H24BrClFN5O/c1-14-23(26)16(3)32(30-14)12-18-6-5-7-19(10-18)25(34)29-24-15(2)31-33(17(24)4)13-20-8-9-21(28)11-22(20)27/h5-11H,12-13H2,1-4H3,(H,29,34). The molecule has 2 aromatic heterocycles. The predicted octanol–water partition coefficient (Wildman–Crippen LogP) is 6.22. The van der Waals surface area contributed by atoms with Crippen LogP contribution in [-0.2, 0) is 13.1 Å². The molecule has 0 spiro atoms. The van der Waals surface area contributed by atoms with Gasteiger partial charge in [-0.1, -0.05) is 29.8 Å². The van der Waals surface area contributed by atoms with Crippen molar-refractivity contribution in [3.05, 3.63) is 97.2 Å². The molecule has 0 aliphatic heterocycles. The lowest BCUT2D eigenvalue weighted by Gasteiger charge is -2.10. The van der Waals surface area contributed by atoms with Crippen LogP contribution >= 0.6 is 27.5 Å². The Bertz CT molecular complexity index is 1390. The molecule has 0 unspecified atom stereocenters. The van der Waals surface area contributed by atoms with Crippen molar-refractivity contribution in [3.63, 3.8) is 0 Å². The van der Waals surface area contributed by atoms with E-state index in [2.05, 4.69) is 31.4 Å². The number of halogens is 3. The lowest BCUT2D eigenvalue weighted by Crippen LogP contribution is -2.14. The fraction of sp³-hybridized carbons (Fsp3) is 0.240. The normalized spacial score (nSPS) is 11.1. The Morgan fingerprint density at radius 1 is 1.00 bits per heavy atom. The summed E-state index contributed by atoms with van der Waals surface area (Å²) in [6.45, 7) is 8.60. The first-order valence-corrected chi connectivity index (χ1v) is 11.9. The highest BCUT2D eigenvalue weighted by atomic mass is 79.9. The second-order valence-corrected chi connectivity index (χ2v) is 9.44. The number of hydrogen-bond acceptors (Lipinski definition) is 3. The fourth-order valence-electron chi connectivity index (χ4n) is 3.84. The van der Waals surface area contributed by atoms with Crippen LogP contribution in [0.4, 0.5) is 10.1 Å². The van der Waals surface area contributed by atoms with E-state index in [1.165, 1.54) is 12.1 Å². The van der Waals surface area contributed by atoms with Gasteiger partial charge in [-0.25, -0.2) is 4.39 Å². The molecular formula is C25H24BrClFN5O. The smallest absolute Gasteiger partial charge is 0.255 e. The van der Waals surface area contributed by atoms with E-state index >= 15 is 0 Å². The number of benzene rings is 2. The quantitative estimate of drug-likeness (QED) is 0.314. The largest absolute Gasteiger partial charge is 0.319 e. The van der Waals surface area contributed by atoms with Crippen LogP contribution in [0.1, 0.15) is 44.3 Å². The van der Waals surface area contributed by atoms with Gasteiger partial charge in [0.05, 0.1) is 46.0 Å². The molecule has 0 saturated carbocycles. The molecule has 0 aliphatic rings. The summed E-state index contributed by atoms with van der Waals surface area (Å²) in [5.41, 5.74) is 6.35. The van der Waals surface area contributed by atoms with Crippen LogP contribution in [0.3, 0.4) is 0 Å². The summed E-state index contributed by atoms with van der Waals surface area (Å²) in [6.07, 6.45) is 0. The van der Waals surface area contributed by atoms with Crippen molar-refractivity contribution < 1.29 is 9.18 Å². The minimum absolute atomic E-state index is 0.220. The van der Waals surface area contributed by atoms with E-state index in [0.29, 0.717) is 35.1 Å². The van der Waals surface area contributed by atoms with Crippen LogP contribution in [0.2, 0.25) is 5.02 Å². The first-order chi connectivity index (χ1) is 16.1. The Morgan fingerprint density at radius 3 is 2.38 bits per heavy atom. The average molecular weight is 545 g/mol. The number of nitrogens with one attached hydrogen (secondary N) is 1. The second kappa shape index (κ2) is 9.72. The van der Waals surface area contributed by atoms with Gasteiger partial charge in [0.2, 0.25) is 0 Å². The van der Waals surface area contributed by atoms with Gasteiger partial charge < -0.3 is 5.32 Å². The number of nitrogens with zero attached hydrogens (tertiary/aromatic N) is 4. The zero-order valence-electron chi connectivity index (χ0n) is 19.3. The van der Waals surface area contributed by atoms with Crippen molar-refractivity contribution in [2.24, 2.45) is 0 Å². The molecule has 6 nitrogen and oxygen atoms in total. The maximum absolute atomic E-state index is 13.4. The van der Waals surface area contributed by atoms with Crippen molar-refractivity contribution in [1.29, 1.82) is 0 Å². The Kier molecular flexibility index (Phi) is 6.91. The monoisotopic (exact) mass is 543 g/mol. The van der Waals surface area contributed by atoms with E-state index in [4.69, 9.17) is 11.6 Å². The maximum Gasteiger partial charge on any atom is 0.255 e. The van der Waals surface area contributed by atoms with Crippen molar-refractivity contribution >= 4 is 39.1 Å². The fourth-order valence-corrected chi connectivity index (χ4v) is 4.35. The van der Waals surface area contributed by atoms with Gasteiger partial charge in [-0.2, -0.15) is 10.2 Å². The molecule has 0 aliphatic carbocycles. The van der Waals surface area contributed by atoms with Gasteiger partial charge in [0.15, 0.2) is 0 Å². The van der Waals surface area contributed by atoms with Gasteiger partial charge in [0.1, 0.15) is 5.82 Å². The lowest BCUT2D eigenvalue weighted by atomic mass is 10.1. The third kappa shape index (κ3) is 4.93. The predicted molar refractivity (Wildman–Crippen MR) is 135 cm³/mol. The van der Waals surface area contributed by atoms with Crippen LogP contribution in [0, 0.1) is 33.5 Å². The zero-order chi connectivity index (χ0) is 24.6. The van der Waals surface area contributed by atoms with E-state index < -0.39 is 0 Å². The van der Waals surface area contributed by atoms with Gasteiger partial charge in [0.25, 0.3) is 5.91 Å². The van der Waals surface area contributed by atoms with Gasteiger partial charge in [-0.05, 0) is 79.0 Å². The Labute approximate surface area is 210 Å². The minimum atomic E-state index is -0.386. The van der Waals surface area contributed by atoms with Crippen molar-refractivity contribution in [3.8, 4) is 0 Å². The molecule has 2 aromatic carbocycles. The summed E-state index contributed by atoms with van der Waals surface area (Å²) < 4.78 is 18.0. The summed E-state index contributed by atoms with van der Waals surface area (Å²) in [4.78, 5) is 13.1. The number of anilines is 1. The molecule has 0 fully saturated rings. The second-order valence-electron chi connectivity index (χ2n) is 8.24. The van der Waals surface area contributed by atoms with Crippen LogP contribution in [0.15, 0.2) is 46.9 Å². The van der Waals surface area contributed by atoms with Gasteiger partial charge >= 0.3 is 0 Å². The summed E-state index contributed by atoms with van der Waals surface area (Å²) in [5.74, 6) is -0.607. The molecule has 1 amide bonds. The molecule has 34 heavy (non-hydrogen) atoms. The van der Waals surface area contributed by atoms with E-state index in [-0.39, 0.29) is 11.7 Å². The molecule has 0 radical (unpaired) electrons. The number of amides is 1. The highest BCUT2D eigenvalue weighted by Crippen LogP contribution is 2.25. The highest BCUT2D eigenvalue weighted by Gasteiger charge is 2.17. The number of hydrogen-bond donors (Lipinski definition) is 1. The van der Waals surface area contributed by atoms with Gasteiger partial charge in [0, 0.05) is 10.6 Å². The van der Waals surface area contributed by atoms with Gasteiger partial charge in [-0.15, -0.1) is 0 Å². The van der Waals surface area contributed by atoms with Crippen molar-refractivity contribution in [2.75, 3.05) is 5.32 Å². The number of aryl methyl sites for hydroxylation is 2.